The highest BCUT2D eigenvalue weighted by atomic mass is 32.2. The standard InChI is InChI=1S/C22H26N4O2S2/c1-3-16-8-10-17(11-9-16)23-21(27)15(2)30-22-25-24-20(19-7-5-13-29-19)26(22)14-18-6-4-12-28-18/h5,7-11,13,15,18H,3-4,6,12,14H2,1-2H3,(H,23,27). The lowest BCUT2D eigenvalue weighted by molar-refractivity contribution is -0.115. The maximum atomic E-state index is 12.8. The first-order valence-electron chi connectivity index (χ1n) is 10.3. The molecule has 2 aromatic heterocycles. The number of rotatable bonds is 8. The molecule has 1 amide bonds. The summed E-state index contributed by atoms with van der Waals surface area (Å²) >= 11 is 3.07. The number of ether oxygens (including phenoxy) is 1. The summed E-state index contributed by atoms with van der Waals surface area (Å²) in [6.45, 7) is 5.52. The third-order valence-corrected chi connectivity index (χ3v) is 7.10. The number of carbonyl (C=O) groups is 1. The Hall–Kier alpha value is -2.16. The van der Waals surface area contributed by atoms with Gasteiger partial charge in [-0.3, -0.25) is 9.36 Å². The molecule has 0 aliphatic carbocycles. The zero-order valence-electron chi connectivity index (χ0n) is 17.2. The van der Waals surface area contributed by atoms with Gasteiger partial charge in [0.05, 0.1) is 22.8 Å². The number of nitrogens with zero attached hydrogens (tertiary/aromatic N) is 3. The molecule has 2 atom stereocenters. The number of thiophene rings is 1. The van der Waals surface area contributed by atoms with E-state index >= 15 is 0 Å². The molecule has 1 N–H and O–H groups in total. The summed E-state index contributed by atoms with van der Waals surface area (Å²) in [5, 5.41) is 14.3. The number of thioether (sulfide) groups is 1. The van der Waals surface area contributed by atoms with Crippen LogP contribution in [-0.4, -0.2) is 38.6 Å². The van der Waals surface area contributed by atoms with Gasteiger partial charge < -0.3 is 10.1 Å². The van der Waals surface area contributed by atoms with Crippen molar-refractivity contribution >= 4 is 34.7 Å². The van der Waals surface area contributed by atoms with Crippen LogP contribution in [0.25, 0.3) is 10.7 Å². The van der Waals surface area contributed by atoms with E-state index < -0.39 is 0 Å². The number of carbonyl (C=O) groups excluding carboxylic acids is 1. The number of nitrogens with one attached hydrogen (secondary N) is 1. The van der Waals surface area contributed by atoms with Crippen LogP contribution in [0.15, 0.2) is 46.9 Å². The number of anilines is 1. The van der Waals surface area contributed by atoms with Crippen LogP contribution in [0.2, 0.25) is 0 Å². The zero-order chi connectivity index (χ0) is 20.9. The molecule has 8 heteroatoms. The molecule has 4 rings (SSSR count). The SMILES string of the molecule is CCc1ccc(NC(=O)C(C)Sc2nnc(-c3cccs3)n2CC2CCCO2)cc1. The quantitative estimate of drug-likeness (QED) is 0.504. The summed E-state index contributed by atoms with van der Waals surface area (Å²) in [6, 6.07) is 12.0. The van der Waals surface area contributed by atoms with E-state index in [0.717, 1.165) is 47.4 Å². The van der Waals surface area contributed by atoms with Gasteiger partial charge in [-0.15, -0.1) is 21.5 Å². The molecule has 0 saturated carbocycles. The Morgan fingerprint density at radius 2 is 2.17 bits per heavy atom. The Kier molecular flexibility index (Phi) is 6.86. The summed E-state index contributed by atoms with van der Waals surface area (Å²) in [4.78, 5) is 13.8. The normalized spacial score (nSPS) is 17.2. The van der Waals surface area contributed by atoms with E-state index in [1.54, 1.807) is 11.3 Å². The van der Waals surface area contributed by atoms with Gasteiger partial charge in [0, 0.05) is 12.3 Å². The largest absolute Gasteiger partial charge is 0.376 e. The van der Waals surface area contributed by atoms with Crippen LogP contribution in [-0.2, 0) is 22.5 Å². The van der Waals surface area contributed by atoms with Crippen LogP contribution >= 0.6 is 23.1 Å². The number of hydrogen-bond donors (Lipinski definition) is 1. The van der Waals surface area contributed by atoms with Crippen molar-refractivity contribution in [3.63, 3.8) is 0 Å². The first-order chi connectivity index (χ1) is 14.6. The van der Waals surface area contributed by atoms with Crippen LogP contribution in [0, 0.1) is 0 Å². The van der Waals surface area contributed by atoms with E-state index in [2.05, 4.69) is 27.0 Å². The van der Waals surface area contributed by atoms with Crippen molar-refractivity contribution in [2.75, 3.05) is 11.9 Å². The van der Waals surface area contributed by atoms with Crippen LogP contribution in [0.4, 0.5) is 5.69 Å². The lowest BCUT2D eigenvalue weighted by atomic mass is 10.1. The van der Waals surface area contributed by atoms with E-state index in [1.165, 1.54) is 17.3 Å². The summed E-state index contributed by atoms with van der Waals surface area (Å²) in [5.74, 6) is 0.791. The average Bonchev–Trinajstić information content (AvgIpc) is 3.52. The number of aromatic nitrogens is 3. The molecule has 158 valence electrons. The summed E-state index contributed by atoms with van der Waals surface area (Å²) < 4.78 is 7.95. The third-order valence-electron chi connectivity index (χ3n) is 5.15. The fourth-order valence-electron chi connectivity index (χ4n) is 3.40. The molecule has 6 nitrogen and oxygen atoms in total. The molecule has 3 heterocycles. The van der Waals surface area contributed by atoms with E-state index in [-0.39, 0.29) is 17.3 Å². The Bertz CT molecular complexity index is 964. The van der Waals surface area contributed by atoms with Crippen molar-refractivity contribution in [1.29, 1.82) is 0 Å². The highest BCUT2D eigenvalue weighted by molar-refractivity contribution is 8.00. The molecule has 0 radical (unpaired) electrons. The minimum atomic E-state index is -0.306. The van der Waals surface area contributed by atoms with E-state index in [9.17, 15) is 4.79 Å². The molecule has 0 bridgehead atoms. The molecular weight excluding hydrogens is 416 g/mol. The zero-order valence-corrected chi connectivity index (χ0v) is 18.8. The third kappa shape index (κ3) is 4.94. The molecule has 1 aliphatic heterocycles. The van der Waals surface area contributed by atoms with Gasteiger partial charge in [-0.1, -0.05) is 36.9 Å². The predicted molar refractivity (Wildman–Crippen MR) is 122 cm³/mol. The molecular formula is C22H26N4O2S2. The van der Waals surface area contributed by atoms with Gasteiger partial charge in [0.25, 0.3) is 0 Å². The van der Waals surface area contributed by atoms with Crippen molar-refractivity contribution in [2.24, 2.45) is 0 Å². The van der Waals surface area contributed by atoms with Crippen molar-refractivity contribution in [3.8, 4) is 10.7 Å². The number of amides is 1. The van der Waals surface area contributed by atoms with Crippen LogP contribution in [0.5, 0.6) is 0 Å². The smallest absolute Gasteiger partial charge is 0.237 e. The maximum Gasteiger partial charge on any atom is 0.237 e. The van der Waals surface area contributed by atoms with E-state index in [1.807, 2.05) is 48.7 Å². The lowest BCUT2D eigenvalue weighted by Crippen LogP contribution is -2.23. The Morgan fingerprint density at radius 1 is 1.33 bits per heavy atom. The van der Waals surface area contributed by atoms with Gasteiger partial charge in [-0.2, -0.15) is 0 Å². The molecule has 1 fully saturated rings. The van der Waals surface area contributed by atoms with E-state index in [0.29, 0.717) is 6.54 Å². The maximum absolute atomic E-state index is 12.8. The topological polar surface area (TPSA) is 69.0 Å². The van der Waals surface area contributed by atoms with Crippen LogP contribution in [0.3, 0.4) is 0 Å². The predicted octanol–water partition coefficient (Wildman–Crippen LogP) is 4.87. The Morgan fingerprint density at radius 3 is 2.83 bits per heavy atom. The molecule has 1 saturated heterocycles. The Balaban J connectivity index is 1.48. The fourth-order valence-corrected chi connectivity index (χ4v) is 4.98. The first-order valence-corrected chi connectivity index (χ1v) is 12.0. The van der Waals surface area contributed by atoms with Crippen LogP contribution in [0.1, 0.15) is 32.3 Å². The van der Waals surface area contributed by atoms with Gasteiger partial charge in [0.1, 0.15) is 0 Å². The summed E-state index contributed by atoms with van der Waals surface area (Å²) in [7, 11) is 0. The van der Waals surface area contributed by atoms with Crippen LogP contribution < -0.4 is 5.32 Å². The average molecular weight is 443 g/mol. The first kappa shape index (κ1) is 21.1. The second-order valence-electron chi connectivity index (χ2n) is 7.33. The Labute approximate surface area is 185 Å². The minimum absolute atomic E-state index is 0.0476. The molecule has 3 aromatic rings. The van der Waals surface area contributed by atoms with Crippen molar-refractivity contribution in [2.45, 2.75) is 56.2 Å². The molecule has 1 aromatic carbocycles. The van der Waals surface area contributed by atoms with Gasteiger partial charge in [0.15, 0.2) is 11.0 Å². The number of benzene rings is 1. The molecule has 1 aliphatic rings. The monoisotopic (exact) mass is 442 g/mol. The molecule has 30 heavy (non-hydrogen) atoms. The molecule has 0 spiro atoms. The van der Waals surface area contributed by atoms with Gasteiger partial charge in [0.2, 0.25) is 5.91 Å². The highest BCUT2D eigenvalue weighted by Crippen LogP contribution is 2.31. The van der Waals surface area contributed by atoms with E-state index in [4.69, 9.17) is 4.74 Å². The highest BCUT2D eigenvalue weighted by Gasteiger charge is 2.25. The molecule has 2 unspecified atom stereocenters. The fraction of sp³-hybridized carbons (Fsp3) is 0.409. The summed E-state index contributed by atoms with van der Waals surface area (Å²) in [5.41, 5.74) is 2.06. The minimum Gasteiger partial charge on any atom is -0.376 e. The lowest BCUT2D eigenvalue weighted by Gasteiger charge is -2.16. The van der Waals surface area contributed by atoms with Gasteiger partial charge in [-0.25, -0.2) is 0 Å². The van der Waals surface area contributed by atoms with Crippen molar-refractivity contribution in [3.05, 3.63) is 47.3 Å². The van der Waals surface area contributed by atoms with Gasteiger partial charge >= 0.3 is 0 Å². The van der Waals surface area contributed by atoms with Crippen molar-refractivity contribution < 1.29 is 9.53 Å². The number of aryl methyl sites for hydroxylation is 1. The van der Waals surface area contributed by atoms with Gasteiger partial charge in [-0.05, 0) is 55.3 Å². The summed E-state index contributed by atoms with van der Waals surface area (Å²) in [6.07, 6.45) is 3.27. The second-order valence-corrected chi connectivity index (χ2v) is 9.58. The number of hydrogen-bond acceptors (Lipinski definition) is 6. The van der Waals surface area contributed by atoms with Crippen molar-refractivity contribution in [1.82, 2.24) is 14.8 Å². The second kappa shape index (κ2) is 9.76.